The molecule has 4 unspecified atom stereocenters. The topological polar surface area (TPSA) is 41.5 Å². The smallest absolute Gasteiger partial charge is 0.0626 e. The fourth-order valence-electron chi connectivity index (χ4n) is 3.47. The maximum atomic E-state index is 9.46. The van der Waals surface area contributed by atoms with Crippen molar-refractivity contribution in [1.82, 2.24) is 5.32 Å². The number of hydrogen-bond acceptors (Lipinski definition) is 3. The number of ether oxygens (including phenoxy) is 1. The van der Waals surface area contributed by atoms with Crippen molar-refractivity contribution < 1.29 is 9.84 Å². The van der Waals surface area contributed by atoms with Gasteiger partial charge in [-0.15, -0.1) is 0 Å². The van der Waals surface area contributed by atoms with E-state index in [1.807, 2.05) is 0 Å². The standard InChI is InChI=1S/C10H17NO2/c12-5-10-4-11-7-2-1-3-8(9(7)10)13-6-10/h7-9,11-12H,1-6H2. The lowest BCUT2D eigenvalue weighted by Gasteiger charge is -2.32. The molecule has 74 valence electrons. The molecule has 13 heavy (non-hydrogen) atoms. The van der Waals surface area contributed by atoms with E-state index in [4.69, 9.17) is 4.74 Å². The Kier molecular flexibility index (Phi) is 1.70. The van der Waals surface area contributed by atoms with Gasteiger partial charge in [0.15, 0.2) is 0 Å². The quantitative estimate of drug-likeness (QED) is 0.607. The van der Waals surface area contributed by atoms with Crippen LogP contribution in [0.1, 0.15) is 19.3 Å². The van der Waals surface area contributed by atoms with E-state index in [2.05, 4.69) is 5.32 Å². The van der Waals surface area contributed by atoms with Crippen LogP contribution in [0.2, 0.25) is 0 Å². The zero-order chi connectivity index (χ0) is 8.89. The molecule has 3 aliphatic rings. The van der Waals surface area contributed by atoms with Gasteiger partial charge in [-0.25, -0.2) is 0 Å². The molecule has 2 N–H and O–H groups in total. The Morgan fingerprint density at radius 3 is 3.23 bits per heavy atom. The van der Waals surface area contributed by atoms with E-state index in [9.17, 15) is 5.11 Å². The molecule has 0 radical (unpaired) electrons. The fourth-order valence-corrected chi connectivity index (χ4v) is 3.47. The van der Waals surface area contributed by atoms with E-state index in [0.717, 1.165) is 13.2 Å². The summed E-state index contributed by atoms with van der Waals surface area (Å²) in [4.78, 5) is 0. The van der Waals surface area contributed by atoms with Crippen LogP contribution < -0.4 is 5.32 Å². The highest BCUT2D eigenvalue weighted by atomic mass is 16.5. The first kappa shape index (κ1) is 8.21. The molecule has 2 heterocycles. The highest BCUT2D eigenvalue weighted by molar-refractivity contribution is 5.09. The number of nitrogens with one attached hydrogen (secondary N) is 1. The maximum Gasteiger partial charge on any atom is 0.0626 e. The van der Waals surface area contributed by atoms with Crippen molar-refractivity contribution in [2.45, 2.75) is 31.4 Å². The minimum absolute atomic E-state index is 0.0652. The lowest BCUT2D eigenvalue weighted by molar-refractivity contribution is 0.0525. The van der Waals surface area contributed by atoms with Crippen molar-refractivity contribution in [2.75, 3.05) is 19.8 Å². The molecular weight excluding hydrogens is 166 g/mol. The molecule has 3 heteroatoms. The van der Waals surface area contributed by atoms with Crippen LogP contribution in [0.5, 0.6) is 0 Å². The van der Waals surface area contributed by atoms with Gasteiger partial charge < -0.3 is 15.2 Å². The maximum absolute atomic E-state index is 9.46. The molecule has 4 atom stereocenters. The normalized spacial score (nSPS) is 53.8. The molecular formula is C10H17NO2. The molecule has 2 saturated heterocycles. The largest absolute Gasteiger partial charge is 0.396 e. The van der Waals surface area contributed by atoms with Crippen molar-refractivity contribution in [1.29, 1.82) is 0 Å². The molecule has 3 nitrogen and oxygen atoms in total. The highest BCUT2D eigenvalue weighted by Crippen LogP contribution is 2.49. The fraction of sp³-hybridized carbons (Fsp3) is 1.00. The number of aliphatic hydroxyl groups excluding tert-OH is 1. The van der Waals surface area contributed by atoms with Gasteiger partial charge >= 0.3 is 0 Å². The van der Waals surface area contributed by atoms with Crippen molar-refractivity contribution in [3.8, 4) is 0 Å². The van der Waals surface area contributed by atoms with Crippen LogP contribution in [0.25, 0.3) is 0 Å². The zero-order valence-corrected chi connectivity index (χ0v) is 7.83. The van der Waals surface area contributed by atoms with E-state index in [1.54, 1.807) is 0 Å². The molecule has 0 aromatic rings. The molecule has 0 bridgehead atoms. The van der Waals surface area contributed by atoms with Gasteiger partial charge in [0.05, 0.1) is 19.3 Å². The first-order chi connectivity index (χ1) is 6.36. The van der Waals surface area contributed by atoms with Crippen LogP contribution in [0.3, 0.4) is 0 Å². The number of aliphatic hydroxyl groups is 1. The minimum Gasteiger partial charge on any atom is -0.396 e. The second kappa shape index (κ2) is 2.69. The summed E-state index contributed by atoms with van der Waals surface area (Å²) in [6, 6.07) is 0.619. The van der Waals surface area contributed by atoms with Gasteiger partial charge in [-0.1, -0.05) is 0 Å². The van der Waals surface area contributed by atoms with Crippen LogP contribution >= 0.6 is 0 Å². The molecule has 0 aromatic carbocycles. The van der Waals surface area contributed by atoms with Crippen molar-refractivity contribution in [2.24, 2.45) is 11.3 Å². The lowest BCUT2D eigenvalue weighted by atomic mass is 9.71. The Morgan fingerprint density at radius 2 is 2.38 bits per heavy atom. The average Bonchev–Trinajstić information content (AvgIpc) is 2.72. The summed E-state index contributed by atoms with van der Waals surface area (Å²) < 4.78 is 5.79. The van der Waals surface area contributed by atoms with Crippen LogP contribution in [-0.4, -0.2) is 37.0 Å². The predicted octanol–water partition coefficient (Wildman–Crippen LogP) is 0.136. The summed E-state index contributed by atoms with van der Waals surface area (Å²) in [5.41, 5.74) is 0.0652. The second-order valence-corrected chi connectivity index (χ2v) is 4.81. The Bertz CT molecular complexity index is 203. The molecule has 2 aliphatic heterocycles. The summed E-state index contributed by atoms with van der Waals surface area (Å²) in [6.07, 6.45) is 4.18. The van der Waals surface area contributed by atoms with E-state index in [1.165, 1.54) is 19.3 Å². The van der Waals surface area contributed by atoms with Gasteiger partial charge in [0, 0.05) is 23.9 Å². The first-order valence-corrected chi connectivity index (χ1v) is 5.32. The molecule has 1 aliphatic carbocycles. The third-order valence-corrected chi connectivity index (χ3v) is 4.16. The van der Waals surface area contributed by atoms with Crippen LogP contribution in [-0.2, 0) is 4.74 Å². The van der Waals surface area contributed by atoms with Crippen molar-refractivity contribution >= 4 is 0 Å². The van der Waals surface area contributed by atoms with Gasteiger partial charge in [0.2, 0.25) is 0 Å². The Labute approximate surface area is 78.5 Å². The molecule has 0 spiro atoms. The molecule has 0 aromatic heterocycles. The molecule has 1 saturated carbocycles. The van der Waals surface area contributed by atoms with Crippen molar-refractivity contribution in [3.63, 3.8) is 0 Å². The average molecular weight is 183 g/mol. The van der Waals surface area contributed by atoms with Gasteiger partial charge in [0.25, 0.3) is 0 Å². The Morgan fingerprint density at radius 1 is 1.46 bits per heavy atom. The van der Waals surface area contributed by atoms with Crippen LogP contribution in [0.4, 0.5) is 0 Å². The van der Waals surface area contributed by atoms with E-state index in [-0.39, 0.29) is 12.0 Å². The summed E-state index contributed by atoms with van der Waals surface area (Å²) in [7, 11) is 0. The monoisotopic (exact) mass is 183 g/mol. The second-order valence-electron chi connectivity index (χ2n) is 4.81. The Balaban J connectivity index is 1.93. The predicted molar refractivity (Wildman–Crippen MR) is 48.4 cm³/mol. The number of rotatable bonds is 1. The first-order valence-electron chi connectivity index (χ1n) is 5.32. The summed E-state index contributed by atoms with van der Waals surface area (Å²) in [5.74, 6) is 0.589. The van der Waals surface area contributed by atoms with Crippen LogP contribution in [0.15, 0.2) is 0 Å². The van der Waals surface area contributed by atoms with Gasteiger partial charge in [-0.2, -0.15) is 0 Å². The lowest BCUT2D eigenvalue weighted by Crippen LogP contribution is -2.40. The van der Waals surface area contributed by atoms with Crippen molar-refractivity contribution in [3.05, 3.63) is 0 Å². The summed E-state index contributed by atoms with van der Waals surface area (Å²) >= 11 is 0. The van der Waals surface area contributed by atoms with Crippen LogP contribution in [0, 0.1) is 11.3 Å². The SMILES string of the molecule is OCC12CNC3CCCC(OC1)C32. The van der Waals surface area contributed by atoms with Gasteiger partial charge in [-0.05, 0) is 19.3 Å². The third-order valence-electron chi connectivity index (χ3n) is 4.16. The minimum atomic E-state index is 0.0652. The Hall–Kier alpha value is -0.120. The van der Waals surface area contributed by atoms with E-state index in [0.29, 0.717) is 18.1 Å². The zero-order valence-electron chi connectivity index (χ0n) is 7.83. The molecule has 3 fully saturated rings. The van der Waals surface area contributed by atoms with E-state index >= 15 is 0 Å². The van der Waals surface area contributed by atoms with E-state index < -0.39 is 0 Å². The summed E-state index contributed by atoms with van der Waals surface area (Å²) in [5, 5.41) is 13.0. The van der Waals surface area contributed by atoms with Gasteiger partial charge in [-0.3, -0.25) is 0 Å². The van der Waals surface area contributed by atoms with Gasteiger partial charge in [0.1, 0.15) is 0 Å². The highest BCUT2D eigenvalue weighted by Gasteiger charge is 2.57. The summed E-state index contributed by atoms with van der Waals surface area (Å²) in [6.45, 7) is 2.01. The third kappa shape index (κ3) is 0.953. The molecule has 3 rings (SSSR count). The molecule has 0 amide bonds. The number of hydrogen-bond donors (Lipinski definition) is 2.